The molecule has 0 saturated heterocycles. The van der Waals surface area contributed by atoms with Crippen LogP contribution < -0.4 is 0 Å². The zero-order valence-corrected chi connectivity index (χ0v) is 12.2. The summed E-state index contributed by atoms with van der Waals surface area (Å²) < 4.78 is 26.6. The van der Waals surface area contributed by atoms with Crippen LogP contribution in [0.5, 0.6) is 0 Å². The van der Waals surface area contributed by atoms with E-state index in [0.29, 0.717) is 22.5 Å². The average Bonchev–Trinajstić information content (AvgIpc) is 2.85. The minimum Gasteiger partial charge on any atom is -0.395 e. The summed E-state index contributed by atoms with van der Waals surface area (Å²) in [6.07, 6.45) is 1.33. The first-order chi connectivity index (χ1) is 11.1. The zero-order valence-electron chi connectivity index (χ0n) is 12.2. The fourth-order valence-corrected chi connectivity index (χ4v) is 2.64. The van der Waals surface area contributed by atoms with Crippen molar-refractivity contribution in [3.63, 3.8) is 0 Å². The predicted octanol–water partition coefficient (Wildman–Crippen LogP) is 2.14. The SMILES string of the molecule is OCCN1CN(O)C(c2ccc(F)cc2)=C1c1ccnc(F)c1. The van der Waals surface area contributed by atoms with E-state index in [9.17, 15) is 19.1 Å². The van der Waals surface area contributed by atoms with Crippen molar-refractivity contribution in [3.8, 4) is 0 Å². The lowest BCUT2D eigenvalue weighted by Gasteiger charge is -2.20. The molecule has 0 amide bonds. The summed E-state index contributed by atoms with van der Waals surface area (Å²) in [5.41, 5.74) is 2.07. The van der Waals surface area contributed by atoms with Crippen LogP contribution in [-0.4, -0.2) is 45.1 Å². The van der Waals surface area contributed by atoms with Crippen molar-refractivity contribution in [2.75, 3.05) is 19.8 Å². The van der Waals surface area contributed by atoms with Crippen LogP contribution in [0.2, 0.25) is 0 Å². The van der Waals surface area contributed by atoms with Crippen molar-refractivity contribution in [3.05, 3.63) is 65.5 Å². The minimum absolute atomic E-state index is 0.118. The van der Waals surface area contributed by atoms with E-state index >= 15 is 0 Å². The molecular formula is C16H15F2N3O2. The number of hydrogen-bond donors (Lipinski definition) is 2. The van der Waals surface area contributed by atoms with E-state index in [1.807, 2.05) is 0 Å². The molecule has 0 radical (unpaired) electrons. The second kappa shape index (κ2) is 6.31. The fourth-order valence-electron chi connectivity index (χ4n) is 2.64. The summed E-state index contributed by atoms with van der Waals surface area (Å²) in [6.45, 7) is 0.259. The topological polar surface area (TPSA) is 59.8 Å². The van der Waals surface area contributed by atoms with Gasteiger partial charge in [0.25, 0.3) is 0 Å². The zero-order chi connectivity index (χ0) is 16.4. The Morgan fingerprint density at radius 1 is 1.04 bits per heavy atom. The molecule has 1 aliphatic rings. The van der Waals surface area contributed by atoms with Crippen LogP contribution in [0, 0.1) is 11.8 Å². The molecule has 1 aromatic carbocycles. The monoisotopic (exact) mass is 319 g/mol. The molecule has 0 saturated carbocycles. The van der Waals surface area contributed by atoms with Gasteiger partial charge in [0, 0.05) is 29.9 Å². The first-order valence-corrected chi connectivity index (χ1v) is 7.04. The summed E-state index contributed by atoms with van der Waals surface area (Å²) in [7, 11) is 0. The van der Waals surface area contributed by atoms with Crippen LogP contribution in [0.4, 0.5) is 8.78 Å². The van der Waals surface area contributed by atoms with E-state index < -0.39 is 5.95 Å². The molecule has 0 spiro atoms. The molecule has 0 atom stereocenters. The molecule has 0 bridgehead atoms. The predicted molar refractivity (Wildman–Crippen MR) is 79.7 cm³/mol. The van der Waals surface area contributed by atoms with E-state index in [1.165, 1.54) is 36.5 Å². The number of halogens is 2. The molecule has 1 aromatic heterocycles. The molecule has 23 heavy (non-hydrogen) atoms. The van der Waals surface area contributed by atoms with Crippen LogP contribution in [0.15, 0.2) is 42.6 Å². The molecule has 7 heteroatoms. The molecule has 5 nitrogen and oxygen atoms in total. The van der Waals surface area contributed by atoms with Crippen LogP contribution in [0.1, 0.15) is 11.1 Å². The highest BCUT2D eigenvalue weighted by Crippen LogP contribution is 2.36. The Kier molecular flexibility index (Phi) is 4.22. The Bertz CT molecular complexity index is 734. The number of benzene rings is 1. The maximum absolute atomic E-state index is 13.5. The molecule has 3 rings (SSSR count). The largest absolute Gasteiger partial charge is 0.395 e. The van der Waals surface area contributed by atoms with Gasteiger partial charge < -0.3 is 10.0 Å². The molecule has 2 N–H and O–H groups in total. The van der Waals surface area contributed by atoms with Gasteiger partial charge in [-0.1, -0.05) is 0 Å². The normalized spacial score (nSPS) is 14.8. The summed E-state index contributed by atoms with van der Waals surface area (Å²) in [4.78, 5) is 5.24. The summed E-state index contributed by atoms with van der Waals surface area (Å²) in [5.74, 6) is -1.03. The smallest absolute Gasteiger partial charge is 0.213 e. The van der Waals surface area contributed by atoms with E-state index in [0.717, 1.165) is 5.06 Å². The Morgan fingerprint density at radius 3 is 2.43 bits per heavy atom. The molecule has 0 unspecified atom stereocenters. The van der Waals surface area contributed by atoms with Gasteiger partial charge in [-0.15, -0.1) is 0 Å². The van der Waals surface area contributed by atoms with Gasteiger partial charge in [-0.05, 0) is 30.3 Å². The van der Waals surface area contributed by atoms with Crippen LogP contribution in [0.25, 0.3) is 11.4 Å². The van der Waals surface area contributed by atoms with Crippen molar-refractivity contribution in [1.29, 1.82) is 0 Å². The lowest BCUT2D eigenvalue weighted by atomic mass is 10.1. The van der Waals surface area contributed by atoms with E-state index in [4.69, 9.17) is 0 Å². The highest BCUT2D eigenvalue weighted by molar-refractivity contribution is 5.90. The van der Waals surface area contributed by atoms with Gasteiger partial charge in [0.2, 0.25) is 5.95 Å². The van der Waals surface area contributed by atoms with Crippen molar-refractivity contribution in [2.45, 2.75) is 0 Å². The first-order valence-electron chi connectivity index (χ1n) is 7.04. The number of hydroxylamine groups is 2. The molecule has 2 heterocycles. The number of hydrogen-bond acceptors (Lipinski definition) is 5. The Morgan fingerprint density at radius 2 is 1.78 bits per heavy atom. The third-order valence-corrected chi connectivity index (χ3v) is 3.59. The third-order valence-electron chi connectivity index (χ3n) is 3.59. The van der Waals surface area contributed by atoms with Crippen molar-refractivity contribution >= 4 is 11.4 Å². The average molecular weight is 319 g/mol. The second-order valence-corrected chi connectivity index (χ2v) is 5.10. The molecule has 0 fully saturated rings. The number of β-amino-alcohol motifs (C(OH)–C–C–N with tert-alkyl or cyclic N) is 1. The van der Waals surface area contributed by atoms with Crippen molar-refractivity contribution in [1.82, 2.24) is 14.9 Å². The van der Waals surface area contributed by atoms with E-state index in [2.05, 4.69) is 4.98 Å². The lowest BCUT2D eigenvalue weighted by Crippen LogP contribution is -2.27. The van der Waals surface area contributed by atoms with Gasteiger partial charge in [-0.3, -0.25) is 5.21 Å². The second-order valence-electron chi connectivity index (χ2n) is 5.10. The first kappa shape index (κ1) is 15.4. The van der Waals surface area contributed by atoms with Crippen LogP contribution in [-0.2, 0) is 0 Å². The Labute approximate surface area is 131 Å². The summed E-state index contributed by atoms with van der Waals surface area (Å²) in [6, 6.07) is 8.51. The molecule has 120 valence electrons. The van der Waals surface area contributed by atoms with Gasteiger partial charge in [0.1, 0.15) is 12.5 Å². The van der Waals surface area contributed by atoms with Gasteiger partial charge >= 0.3 is 0 Å². The van der Waals surface area contributed by atoms with Crippen molar-refractivity contribution in [2.24, 2.45) is 0 Å². The van der Waals surface area contributed by atoms with Crippen molar-refractivity contribution < 1.29 is 19.1 Å². The van der Waals surface area contributed by atoms with Crippen LogP contribution in [0.3, 0.4) is 0 Å². The Balaban J connectivity index is 2.16. The Hall–Kier alpha value is -2.51. The quantitative estimate of drug-likeness (QED) is 0.846. The maximum atomic E-state index is 13.5. The molecular weight excluding hydrogens is 304 g/mol. The molecule has 2 aromatic rings. The summed E-state index contributed by atoms with van der Waals surface area (Å²) >= 11 is 0. The third kappa shape index (κ3) is 3.01. The lowest BCUT2D eigenvalue weighted by molar-refractivity contribution is -0.0444. The van der Waals surface area contributed by atoms with E-state index in [1.54, 1.807) is 11.0 Å². The number of aliphatic hydroxyl groups excluding tert-OH is 1. The van der Waals surface area contributed by atoms with Gasteiger partial charge in [-0.25, -0.2) is 14.4 Å². The highest BCUT2D eigenvalue weighted by atomic mass is 19.1. The standard InChI is InChI=1S/C16H15F2N3O2/c17-13-3-1-11(2-4-13)16-15(12-5-6-19-14(18)9-12)20(7-8-22)10-21(16)23/h1-6,9,22-23H,7-8,10H2. The maximum Gasteiger partial charge on any atom is 0.213 e. The van der Waals surface area contributed by atoms with E-state index in [-0.39, 0.29) is 25.6 Å². The van der Waals surface area contributed by atoms with Crippen LogP contribution >= 0.6 is 0 Å². The number of aliphatic hydroxyl groups is 1. The summed E-state index contributed by atoms with van der Waals surface area (Å²) in [5, 5.41) is 20.5. The number of rotatable bonds is 4. The number of aromatic nitrogens is 1. The molecule has 1 aliphatic heterocycles. The van der Waals surface area contributed by atoms with Gasteiger partial charge in [0.15, 0.2) is 0 Å². The minimum atomic E-state index is -0.645. The highest BCUT2D eigenvalue weighted by Gasteiger charge is 2.30. The molecule has 0 aliphatic carbocycles. The van der Waals surface area contributed by atoms with Gasteiger partial charge in [-0.2, -0.15) is 4.39 Å². The van der Waals surface area contributed by atoms with Gasteiger partial charge in [0.05, 0.1) is 18.0 Å². The fraction of sp³-hybridized carbons (Fsp3) is 0.188. The number of nitrogens with zero attached hydrogens (tertiary/aromatic N) is 3. The number of pyridine rings is 1.